The van der Waals surface area contributed by atoms with Gasteiger partial charge in [-0.15, -0.1) is 0 Å². The van der Waals surface area contributed by atoms with Crippen LogP contribution in [-0.2, 0) is 9.59 Å². The predicted molar refractivity (Wildman–Crippen MR) is 55.9 cm³/mol. The van der Waals surface area contributed by atoms with E-state index in [1.807, 2.05) is 0 Å². The fourth-order valence-corrected chi connectivity index (χ4v) is 2.11. The number of likely N-dealkylation sites (tertiary alicyclic amines) is 1. The van der Waals surface area contributed by atoms with Gasteiger partial charge in [-0.3, -0.25) is 14.5 Å². The highest BCUT2D eigenvalue weighted by molar-refractivity contribution is 5.96. The SMILES string of the molecule is CC(=O)N1C(=O)CCC1c1ccc(F)c(F)c1. The summed E-state index contributed by atoms with van der Waals surface area (Å²) in [4.78, 5) is 23.9. The molecule has 1 heterocycles. The lowest BCUT2D eigenvalue weighted by Crippen LogP contribution is -2.32. The zero-order chi connectivity index (χ0) is 12.6. The number of carbonyl (C=O) groups is 2. The zero-order valence-corrected chi connectivity index (χ0v) is 9.24. The van der Waals surface area contributed by atoms with Gasteiger partial charge in [0.15, 0.2) is 11.6 Å². The Morgan fingerprint density at radius 3 is 2.65 bits per heavy atom. The van der Waals surface area contributed by atoms with Gasteiger partial charge < -0.3 is 0 Å². The standard InChI is InChI=1S/C12H11F2NO2/c1-7(16)15-11(4-5-12(15)17)8-2-3-9(13)10(14)6-8/h2-3,6,11H,4-5H2,1H3. The van der Waals surface area contributed by atoms with E-state index in [-0.39, 0.29) is 18.2 Å². The Labute approximate surface area is 97.0 Å². The fourth-order valence-electron chi connectivity index (χ4n) is 2.11. The minimum absolute atomic E-state index is 0.253. The summed E-state index contributed by atoms with van der Waals surface area (Å²) in [6.45, 7) is 1.29. The Bertz CT molecular complexity index is 487. The number of benzene rings is 1. The van der Waals surface area contributed by atoms with Gasteiger partial charge in [0.2, 0.25) is 11.8 Å². The maximum absolute atomic E-state index is 13.1. The van der Waals surface area contributed by atoms with E-state index in [0.29, 0.717) is 12.0 Å². The maximum atomic E-state index is 13.1. The van der Waals surface area contributed by atoms with Crippen molar-refractivity contribution in [2.24, 2.45) is 0 Å². The maximum Gasteiger partial charge on any atom is 0.229 e. The van der Waals surface area contributed by atoms with Crippen LogP contribution in [0.5, 0.6) is 0 Å². The third-order valence-corrected chi connectivity index (χ3v) is 2.88. The van der Waals surface area contributed by atoms with Crippen molar-refractivity contribution in [3.05, 3.63) is 35.4 Å². The molecule has 5 heteroatoms. The average Bonchev–Trinajstić information content (AvgIpc) is 2.64. The van der Waals surface area contributed by atoms with Crippen LogP contribution in [0.1, 0.15) is 31.4 Å². The molecule has 17 heavy (non-hydrogen) atoms. The Morgan fingerprint density at radius 2 is 2.06 bits per heavy atom. The molecule has 1 aromatic rings. The van der Waals surface area contributed by atoms with E-state index in [1.165, 1.54) is 13.0 Å². The second kappa shape index (κ2) is 4.24. The highest BCUT2D eigenvalue weighted by Gasteiger charge is 2.35. The first-order valence-corrected chi connectivity index (χ1v) is 5.28. The molecule has 3 nitrogen and oxygen atoms in total. The number of hydrogen-bond acceptors (Lipinski definition) is 2. The number of imide groups is 1. The quantitative estimate of drug-likeness (QED) is 0.753. The molecule has 1 aliphatic rings. The molecule has 1 saturated heterocycles. The van der Waals surface area contributed by atoms with Crippen LogP contribution in [0.15, 0.2) is 18.2 Å². The average molecular weight is 239 g/mol. The van der Waals surface area contributed by atoms with Crippen LogP contribution in [0, 0.1) is 11.6 Å². The lowest BCUT2D eigenvalue weighted by Gasteiger charge is -2.21. The second-order valence-corrected chi connectivity index (χ2v) is 4.01. The summed E-state index contributed by atoms with van der Waals surface area (Å²) in [5.41, 5.74) is 0.449. The van der Waals surface area contributed by atoms with E-state index < -0.39 is 17.7 Å². The number of nitrogens with zero attached hydrogens (tertiary/aromatic N) is 1. The van der Waals surface area contributed by atoms with Crippen LogP contribution in [0.25, 0.3) is 0 Å². The number of amides is 2. The number of rotatable bonds is 1. The molecule has 90 valence electrons. The molecular formula is C12H11F2NO2. The van der Waals surface area contributed by atoms with Crippen molar-refractivity contribution < 1.29 is 18.4 Å². The molecule has 2 amide bonds. The number of carbonyl (C=O) groups excluding carboxylic acids is 2. The smallest absolute Gasteiger partial charge is 0.229 e. The van der Waals surface area contributed by atoms with Gasteiger partial charge >= 0.3 is 0 Å². The minimum Gasteiger partial charge on any atom is -0.275 e. The first-order valence-electron chi connectivity index (χ1n) is 5.28. The molecule has 0 bridgehead atoms. The summed E-state index contributed by atoms with van der Waals surface area (Å²) < 4.78 is 25.9. The molecule has 0 N–H and O–H groups in total. The van der Waals surface area contributed by atoms with Gasteiger partial charge in [0.1, 0.15) is 0 Å². The summed E-state index contributed by atoms with van der Waals surface area (Å²) in [6, 6.07) is 2.97. The lowest BCUT2D eigenvalue weighted by atomic mass is 10.0. The van der Waals surface area contributed by atoms with E-state index in [1.54, 1.807) is 0 Å². The molecule has 0 radical (unpaired) electrons. The third kappa shape index (κ3) is 2.05. The molecular weight excluding hydrogens is 228 g/mol. The van der Waals surface area contributed by atoms with Crippen molar-refractivity contribution in [1.82, 2.24) is 4.90 Å². The van der Waals surface area contributed by atoms with E-state index in [0.717, 1.165) is 17.0 Å². The Balaban J connectivity index is 2.36. The molecule has 1 aromatic carbocycles. The van der Waals surface area contributed by atoms with Crippen molar-refractivity contribution in [1.29, 1.82) is 0 Å². The molecule has 1 fully saturated rings. The highest BCUT2D eigenvalue weighted by atomic mass is 19.2. The molecule has 1 atom stereocenters. The fraction of sp³-hybridized carbons (Fsp3) is 0.333. The van der Waals surface area contributed by atoms with Gasteiger partial charge in [-0.2, -0.15) is 0 Å². The van der Waals surface area contributed by atoms with Crippen molar-refractivity contribution >= 4 is 11.8 Å². The number of hydrogen-bond donors (Lipinski definition) is 0. The molecule has 0 aliphatic carbocycles. The zero-order valence-electron chi connectivity index (χ0n) is 9.24. The van der Waals surface area contributed by atoms with Gasteiger partial charge in [0.25, 0.3) is 0 Å². The lowest BCUT2D eigenvalue weighted by molar-refractivity contribution is -0.142. The molecule has 0 spiro atoms. The minimum atomic E-state index is -0.967. The Kier molecular flexibility index (Phi) is 2.92. The molecule has 0 saturated carbocycles. The van der Waals surface area contributed by atoms with Gasteiger partial charge in [-0.25, -0.2) is 8.78 Å². The van der Waals surface area contributed by atoms with Crippen LogP contribution in [0.4, 0.5) is 8.78 Å². The molecule has 0 aromatic heterocycles. The van der Waals surface area contributed by atoms with E-state index in [4.69, 9.17) is 0 Å². The summed E-state index contributed by atoms with van der Waals surface area (Å²) in [5, 5.41) is 0. The van der Waals surface area contributed by atoms with Crippen molar-refractivity contribution in [3.63, 3.8) is 0 Å². The summed E-state index contributed by atoms with van der Waals surface area (Å²) >= 11 is 0. The predicted octanol–water partition coefficient (Wildman–Crippen LogP) is 2.17. The van der Waals surface area contributed by atoms with Crippen molar-refractivity contribution in [2.75, 3.05) is 0 Å². The summed E-state index contributed by atoms with van der Waals surface area (Å²) in [5.74, 6) is -2.55. The van der Waals surface area contributed by atoms with Crippen LogP contribution in [0.3, 0.4) is 0 Å². The van der Waals surface area contributed by atoms with Crippen molar-refractivity contribution in [3.8, 4) is 0 Å². The largest absolute Gasteiger partial charge is 0.275 e. The monoisotopic (exact) mass is 239 g/mol. The topological polar surface area (TPSA) is 37.4 Å². The third-order valence-electron chi connectivity index (χ3n) is 2.88. The summed E-state index contributed by atoms with van der Waals surface area (Å²) in [6.07, 6.45) is 0.701. The van der Waals surface area contributed by atoms with E-state index in [2.05, 4.69) is 0 Å². The molecule has 2 rings (SSSR count). The molecule has 1 unspecified atom stereocenters. The van der Waals surface area contributed by atoms with Gasteiger partial charge in [-0.1, -0.05) is 6.07 Å². The highest BCUT2D eigenvalue weighted by Crippen LogP contribution is 2.33. The first-order chi connectivity index (χ1) is 8.00. The second-order valence-electron chi connectivity index (χ2n) is 4.01. The first kappa shape index (κ1) is 11.7. The number of halogens is 2. The summed E-state index contributed by atoms with van der Waals surface area (Å²) in [7, 11) is 0. The van der Waals surface area contributed by atoms with Crippen LogP contribution >= 0.6 is 0 Å². The molecule has 1 aliphatic heterocycles. The van der Waals surface area contributed by atoms with Gasteiger partial charge in [0.05, 0.1) is 6.04 Å². The van der Waals surface area contributed by atoms with Crippen molar-refractivity contribution in [2.45, 2.75) is 25.8 Å². The van der Waals surface area contributed by atoms with Gasteiger partial charge in [0, 0.05) is 13.3 Å². The Morgan fingerprint density at radius 1 is 1.35 bits per heavy atom. The van der Waals surface area contributed by atoms with Crippen LogP contribution in [0.2, 0.25) is 0 Å². The normalized spacial score (nSPS) is 19.8. The Hall–Kier alpha value is -1.78. The van der Waals surface area contributed by atoms with E-state index in [9.17, 15) is 18.4 Å². The van der Waals surface area contributed by atoms with E-state index >= 15 is 0 Å². The van der Waals surface area contributed by atoms with Gasteiger partial charge in [-0.05, 0) is 24.1 Å². The van der Waals surface area contributed by atoms with Crippen LogP contribution in [-0.4, -0.2) is 16.7 Å². The van der Waals surface area contributed by atoms with Crippen LogP contribution < -0.4 is 0 Å².